The van der Waals surface area contributed by atoms with Crippen molar-refractivity contribution in [3.8, 4) is 11.5 Å². The molecule has 2 saturated carbocycles. The Morgan fingerprint density at radius 1 is 0.737 bits per heavy atom. The summed E-state index contributed by atoms with van der Waals surface area (Å²) in [6, 6.07) is 6.27. The first-order valence-corrected chi connectivity index (χ1v) is 13.9. The van der Waals surface area contributed by atoms with Gasteiger partial charge in [0, 0.05) is 6.61 Å². The zero-order valence-corrected chi connectivity index (χ0v) is 22.1. The molecular weight excluding hydrogens is 496 g/mol. The number of benzene rings is 2. The van der Waals surface area contributed by atoms with Gasteiger partial charge in [0.15, 0.2) is 23.1 Å². The van der Waals surface area contributed by atoms with Gasteiger partial charge in [-0.1, -0.05) is 18.2 Å². The average Bonchev–Trinajstić information content (AvgIpc) is 2.93. The molecule has 0 radical (unpaired) electrons. The van der Waals surface area contributed by atoms with E-state index in [1.807, 2.05) is 6.92 Å². The predicted octanol–water partition coefficient (Wildman–Crippen LogP) is 8.61. The van der Waals surface area contributed by atoms with Gasteiger partial charge >= 0.3 is 0 Å². The van der Waals surface area contributed by atoms with Crippen LogP contribution in [0.1, 0.15) is 87.7 Å². The summed E-state index contributed by atoms with van der Waals surface area (Å²) in [7, 11) is 0. The summed E-state index contributed by atoms with van der Waals surface area (Å²) in [6.45, 7) is 6.67. The maximum atomic E-state index is 15.2. The molecule has 38 heavy (non-hydrogen) atoms. The lowest BCUT2D eigenvalue weighted by atomic mass is 9.77. The van der Waals surface area contributed by atoms with Gasteiger partial charge in [0.25, 0.3) is 0 Å². The molecule has 2 aromatic carbocycles. The third-order valence-electron chi connectivity index (χ3n) is 8.01. The number of hydrogen-bond acceptors (Lipinski definition) is 3. The summed E-state index contributed by atoms with van der Waals surface area (Å²) in [5.74, 6) is -3.78. The van der Waals surface area contributed by atoms with Gasteiger partial charge in [0.2, 0.25) is 11.6 Å². The molecule has 0 bridgehead atoms. The molecule has 0 saturated heterocycles. The molecule has 2 aliphatic rings. The van der Waals surface area contributed by atoms with Crippen molar-refractivity contribution in [1.29, 1.82) is 0 Å². The smallest absolute Gasteiger partial charge is 0.204 e. The topological polar surface area (TPSA) is 27.7 Å². The van der Waals surface area contributed by atoms with Crippen LogP contribution < -0.4 is 9.47 Å². The first kappa shape index (κ1) is 28.5. The molecule has 0 heterocycles. The van der Waals surface area contributed by atoms with Crippen LogP contribution >= 0.6 is 0 Å². The number of halogens is 4. The van der Waals surface area contributed by atoms with E-state index in [0.717, 1.165) is 38.5 Å². The van der Waals surface area contributed by atoms with Crippen molar-refractivity contribution in [3.63, 3.8) is 0 Å². The van der Waals surface area contributed by atoms with Gasteiger partial charge in [0.05, 0.1) is 19.3 Å². The van der Waals surface area contributed by atoms with Crippen LogP contribution in [0.3, 0.4) is 0 Å². The zero-order valence-electron chi connectivity index (χ0n) is 22.1. The van der Waals surface area contributed by atoms with E-state index < -0.39 is 23.3 Å². The van der Waals surface area contributed by atoms with Crippen LogP contribution in [0.15, 0.2) is 36.9 Å². The lowest BCUT2D eigenvalue weighted by Gasteiger charge is -2.31. The Kier molecular flexibility index (Phi) is 10.1. The monoisotopic (exact) mass is 534 g/mol. The summed E-state index contributed by atoms with van der Waals surface area (Å²) in [5, 5.41) is 0. The molecule has 7 heteroatoms. The fraction of sp³-hybridized carbons (Fsp3) is 0.548. The van der Waals surface area contributed by atoms with Crippen molar-refractivity contribution >= 4 is 0 Å². The predicted molar refractivity (Wildman–Crippen MR) is 140 cm³/mol. The van der Waals surface area contributed by atoms with Gasteiger partial charge in [-0.2, -0.15) is 8.78 Å². The maximum absolute atomic E-state index is 15.2. The SMILES string of the molecule is C=CCCOc1ccc(OCC2CCC(c3ccc(C4CCC(OCC)CC4)c(F)c3F)CC2)c(F)c1F. The van der Waals surface area contributed by atoms with Gasteiger partial charge in [-0.3, -0.25) is 0 Å². The fourth-order valence-electron chi connectivity index (χ4n) is 5.82. The molecule has 4 rings (SSSR count). The molecule has 0 amide bonds. The molecular formula is C31H38F4O3. The second kappa shape index (κ2) is 13.5. The number of hydrogen-bond donors (Lipinski definition) is 0. The van der Waals surface area contributed by atoms with E-state index in [2.05, 4.69) is 6.58 Å². The molecule has 2 aromatic rings. The largest absolute Gasteiger partial charge is 0.490 e. The Balaban J connectivity index is 1.29. The van der Waals surface area contributed by atoms with E-state index in [-0.39, 0.29) is 48.6 Å². The molecule has 0 aromatic heterocycles. The minimum absolute atomic E-state index is 0.0288. The van der Waals surface area contributed by atoms with Gasteiger partial charge in [-0.25, -0.2) is 8.78 Å². The minimum Gasteiger partial charge on any atom is -0.490 e. The Bertz CT molecular complexity index is 1070. The van der Waals surface area contributed by atoms with Crippen molar-refractivity contribution < 1.29 is 31.8 Å². The summed E-state index contributed by atoms with van der Waals surface area (Å²) < 4.78 is 75.5. The van der Waals surface area contributed by atoms with Crippen molar-refractivity contribution in [1.82, 2.24) is 0 Å². The van der Waals surface area contributed by atoms with Gasteiger partial charge in [-0.05, 0) is 106 Å². The van der Waals surface area contributed by atoms with Crippen molar-refractivity contribution in [2.45, 2.75) is 82.7 Å². The first-order valence-electron chi connectivity index (χ1n) is 13.9. The van der Waals surface area contributed by atoms with Crippen LogP contribution in [0.5, 0.6) is 11.5 Å². The lowest BCUT2D eigenvalue weighted by molar-refractivity contribution is 0.0325. The van der Waals surface area contributed by atoms with Gasteiger partial charge < -0.3 is 14.2 Å². The maximum Gasteiger partial charge on any atom is 0.204 e. The molecule has 208 valence electrons. The second-order valence-electron chi connectivity index (χ2n) is 10.4. The zero-order chi connectivity index (χ0) is 27.1. The van der Waals surface area contributed by atoms with E-state index in [1.165, 1.54) is 12.1 Å². The standard InChI is InChI=1S/C31H38F4O3/c1-3-5-18-37-26-16-17-27(31(35)30(26)34)38-19-20-6-8-21(9-7-20)24-14-15-25(29(33)28(24)32)22-10-12-23(13-11-22)36-4-2/h3,14-17,20-23H,1,4-13,18-19H2,2H3. The first-order chi connectivity index (χ1) is 18.4. The molecule has 0 aliphatic heterocycles. The van der Waals surface area contributed by atoms with Crippen molar-refractivity contribution in [2.24, 2.45) is 5.92 Å². The van der Waals surface area contributed by atoms with Crippen LogP contribution in [-0.4, -0.2) is 25.9 Å². The highest BCUT2D eigenvalue weighted by atomic mass is 19.2. The normalized spacial score (nSPS) is 23.7. The average molecular weight is 535 g/mol. The van der Waals surface area contributed by atoms with Crippen molar-refractivity contribution in [3.05, 3.63) is 71.3 Å². The Hall–Kier alpha value is -2.54. The van der Waals surface area contributed by atoms with Crippen molar-refractivity contribution in [2.75, 3.05) is 19.8 Å². The van der Waals surface area contributed by atoms with Crippen LogP contribution in [0.2, 0.25) is 0 Å². The molecule has 0 N–H and O–H groups in total. The highest BCUT2D eigenvalue weighted by Crippen LogP contribution is 2.41. The van der Waals surface area contributed by atoms with E-state index in [4.69, 9.17) is 14.2 Å². The van der Waals surface area contributed by atoms with E-state index in [9.17, 15) is 8.78 Å². The summed E-state index contributed by atoms with van der Waals surface area (Å²) in [5.41, 5.74) is 0.920. The molecule has 2 fully saturated rings. The van der Waals surface area contributed by atoms with Crippen LogP contribution in [0.4, 0.5) is 17.6 Å². The van der Waals surface area contributed by atoms with Crippen LogP contribution in [0.25, 0.3) is 0 Å². The summed E-state index contributed by atoms with van der Waals surface area (Å²) in [4.78, 5) is 0. The van der Waals surface area contributed by atoms with E-state index >= 15 is 8.78 Å². The Morgan fingerprint density at radius 2 is 1.26 bits per heavy atom. The summed E-state index contributed by atoms with van der Waals surface area (Å²) in [6.07, 6.45) is 8.60. The Morgan fingerprint density at radius 3 is 1.79 bits per heavy atom. The fourth-order valence-corrected chi connectivity index (χ4v) is 5.82. The molecule has 0 unspecified atom stereocenters. The summed E-state index contributed by atoms with van der Waals surface area (Å²) >= 11 is 0. The quantitative estimate of drug-likeness (QED) is 0.164. The third kappa shape index (κ3) is 6.71. The van der Waals surface area contributed by atoms with Crippen LogP contribution in [-0.2, 0) is 4.74 Å². The molecule has 0 spiro atoms. The van der Waals surface area contributed by atoms with E-state index in [1.54, 1.807) is 18.2 Å². The van der Waals surface area contributed by atoms with Gasteiger partial charge in [-0.15, -0.1) is 6.58 Å². The molecule has 0 atom stereocenters. The van der Waals surface area contributed by atoms with Crippen LogP contribution in [0, 0.1) is 29.2 Å². The molecule has 2 aliphatic carbocycles. The molecule has 3 nitrogen and oxygen atoms in total. The minimum atomic E-state index is -1.07. The lowest BCUT2D eigenvalue weighted by Crippen LogP contribution is -2.22. The second-order valence-corrected chi connectivity index (χ2v) is 10.4. The highest BCUT2D eigenvalue weighted by molar-refractivity contribution is 5.35. The third-order valence-corrected chi connectivity index (χ3v) is 8.01. The van der Waals surface area contributed by atoms with E-state index in [0.29, 0.717) is 37.0 Å². The van der Waals surface area contributed by atoms with Gasteiger partial charge in [0.1, 0.15) is 0 Å². The Labute approximate surface area is 223 Å². The number of rotatable bonds is 11. The highest BCUT2D eigenvalue weighted by Gasteiger charge is 2.30. The number of ether oxygens (including phenoxy) is 3.